The van der Waals surface area contributed by atoms with Crippen LogP contribution in [0.15, 0.2) is 101 Å². The van der Waals surface area contributed by atoms with Crippen LogP contribution < -0.4 is 14.4 Å². The largest absolute Gasteiger partial charge is 0.454 e. The number of carbonyl (C=O) groups excluding carboxylic acids is 2. The van der Waals surface area contributed by atoms with Gasteiger partial charge >= 0.3 is 0 Å². The van der Waals surface area contributed by atoms with Gasteiger partial charge in [-0.1, -0.05) is 66.4 Å². The van der Waals surface area contributed by atoms with Crippen LogP contribution in [0, 0.1) is 6.92 Å². The molecule has 7 rings (SSSR count). The molecule has 0 aliphatic carbocycles. The minimum Gasteiger partial charge on any atom is -0.454 e. The summed E-state index contributed by atoms with van der Waals surface area (Å²) in [6.07, 6.45) is 1.93. The minimum atomic E-state index is -0.0178. The van der Waals surface area contributed by atoms with Crippen molar-refractivity contribution in [3.8, 4) is 11.5 Å². The number of fused-ring (bicyclic) bond motifs is 2. The number of amides is 2. The van der Waals surface area contributed by atoms with E-state index in [1.165, 1.54) is 17.3 Å². The molecule has 222 valence electrons. The van der Waals surface area contributed by atoms with E-state index in [0.29, 0.717) is 30.1 Å². The Morgan fingerprint density at radius 2 is 1.59 bits per heavy atom. The molecule has 0 bridgehead atoms. The van der Waals surface area contributed by atoms with E-state index >= 15 is 0 Å². The van der Waals surface area contributed by atoms with Crippen LogP contribution in [0.25, 0.3) is 6.08 Å². The van der Waals surface area contributed by atoms with E-state index in [-0.39, 0.29) is 18.6 Å². The number of hydrogen-bond donors (Lipinski definition) is 0. The molecule has 7 nitrogen and oxygen atoms in total. The Hall–Kier alpha value is -4.53. The van der Waals surface area contributed by atoms with Crippen LogP contribution in [0.4, 0.5) is 5.69 Å². The van der Waals surface area contributed by atoms with Crippen molar-refractivity contribution in [1.82, 2.24) is 9.80 Å². The van der Waals surface area contributed by atoms with Gasteiger partial charge in [0.05, 0.1) is 17.1 Å². The van der Waals surface area contributed by atoms with E-state index in [2.05, 4.69) is 36.1 Å². The second kappa shape index (κ2) is 12.2. The number of carbonyl (C=O) groups is 2. The van der Waals surface area contributed by atoms with Gasteiger partial charge in [-0.25, -0.2) is 0 Å². The molecule has 0 radical (unpaired) electrons. The average molecular weight is 604 g/mol. The molecule has 4 aromatic carbocycles. The van der Waals surface area contributed by atoms with Gasteiger partial charge in [0.2, 0.25) is 6.79 Å². The summed E-state index contributed by atoms with van der Waals surface area (Å²) in [6.45, 7) is 6.65. The van der Waals surface area contributed by atoms with E-state index in [4.69, 9.17) is 9.47 Å². The Kier molecular flexibility index (Phi) is 7.85. The van der Waals surface area contributed by atoms with Gasteiger partial charge in [0.1, 0.15) is 0 Å². The molecule has 1 saturated heterocycles. The van der Waals surface area contributed by atoms with Gasteiger partial charge in [0, 0.05) is 43.2 Å². The van der Waals surface area contributed by atoms with Crippen molar-refractivity contribution in [3.63, 3.8) is 0 Å². The average Bonchev–Trinajstić information content (AvgIpc) is 3.52. The summed E-state index contributed by atoms with van der Waals surface area (Å²) in [6, 6.07) is 29.9. The molecule has 3 heterocycles. The predicted octanol–water partition coefficient (Wildman–Crippen LogP) is 6.36. The lowest BCUT2D eigenvalue weighted by molar-refractivity contribution is -0.114. The number of ether oxygens (including phenoxy) is 2. The SMILES string of the molecule is Cc1ccccc1CN1C(=O)/C(=C\c2ccc(C(=O)N3CCN(Cc4ccc5c(c4)OCO5)CC3)cc2)Sc2ccccc21. The second-order valence-corrected chi connectivity index (χ2v) is 12.4. The van der Waals surface area contributed by atoms with E-state index in [1.807, 2.05) is 82.6 Å². The molecule has 0 atom stereocenters. The molecule has 0 spiro atoms. The fraction of sp³-hybridized carbons (Fsp3) is 0.222. The monoisotopic (exact) mass is 603 g/mol. The Morgan fingerprint density at radius 3 is 2.41 bits per heavy atom. The molecule has 3 aliphatic heterocycles. The van der Waals surface area contributed by atoms with Crippen LogP contribution in [0.1, 0.15) is 32.6 Å². The van der Waals surface area contributed by atoms with Crippen molar-refractivity contribution in [2.45, 2.75) is 24.9 Å². The first kappa shape index (κ1) is 28.3. The molecule has 0 aromatic heterocycles. The van der Waals surface area contributed by atoms with Gasteiger partial charge < -0.3 is 19.3 Å². The van der Waals surface area contributed by atoms with Gasteiger partial charge in [-0.3, -0.25) is 14.5 Å². The highest BCUT2D eigenvalue weighted by atomic mass is 32.2. The predicted molar refractivity (Wildman–Crippen MR) is 173 cm³/mol. The summed E-state index contributed by atoms with van der Waals surface area (Å²) < 4.78 is 10.9. The van der Waals surface area contributed by atoms with Crippen molar-refractivity contribution in [2.24, 2.45) is 0 Å². The zero-order valence-corrected chi connectivity index (χ0v) is 25.4. The molecule has 8 heteroatoms. The van der Waals surface area contributed by atoms with E-state index in [0.717, 1.165) is 58.4 Å². The van der Waals surface area contributed by atoms with Crippen LogP contribution in [0.3, 0.4) is 0 Å². The zero-order valence-electron chi connectivity index (χ0n) is 24.6. The third-order valence-electron chi connectivity index (χ3n) is 8.38. The van der Waals surface area contributed by atoms with Crippen molar-refractivity contribution in [3.05, 3.63) is 124 Å². The number of thioether (sulfide) groups is 1. The molecule has 3 aliphatic rings. The van der Waals surface area contributed by atoms with Crippen LogP contribution in [-0.2, 0) is 17.9 Å². The Balaban J connectivity index is 1.01. The molecule has 2 amide bonds. The number of aryl methyl sites for hydroxylation is 1. The van der Waals surface area contributed by atoms with Crippen LogP contribution >= 0.6 is 11.8 Å². The standard InChI is InChI=1S/C36H33N3O4S/c1-25-6-2-3-7-29(25)23-39-30-8-4-5-9-33(30)44-34(36(39)41)21-26-10-13-28(14-11-26)35(40)38-18-16-37(17-19-38)22-27-12-15-31-32(20-27)43-24-42-31/h2-15,20-21H,16-19,22-24H2,1H3/b34-21+. The number of nitrogens with zero attached hydrogens (tertiary/aromatic N) is 3. The maximum Gasteiger partial charge on any atom is 0.265 e. The maximum absolute atomic E-state index is 13.7. The first-order chi connectivity index (χ1) is 21.5. The van der Waals surface area contributed by atoms with Gasteiger partial charge in [0.15, 0.2) is 11.5 Å². The first-order valence-electron chi connectivity index (χ1n) is 14.9. The van der Waals surface area contributed by atoms with Gasteiger partial charge in [-0.2, -0.15) is 0 Å². The Bertz CT molecular complexity index is 1740. The van der Waals surface area contributed by atoms with Crippen molar-refractivity contribution in [2.75, 3.05) is 37.9 Å². The summed E-state index contributed by atoms with van der Waals surface area (Å²) >= 11 is 1.49. The van der Waals surface area contributed by atoms with Gasteiger partial charge in [-0.05, 0) is 71.7 Å². The lowest BCUT2D eigenvalue weighted by Gasteiger charge is -2.34. The molecule has 1 fully saturated rings. The minimum absolute atomic E-state index is 0.0178. The maximum atomic E-state index is 13.7. The quantitative estimate of drug-likeness (QED) is 0.239. The molecular weight excluding hydrogens is 570 g/mol. The molecule has 0 N–H and O–H groups in total. The van der Waals surface area contributed by atoms with Gasteiger partial charge in [0.25, 0.3) is 11.8 Å². The lowest BCUT2D eigenvalue weighted by Crippen LogP contribution is -2.48. The van der Waals surface area contributed by atoms with E-state index in [9.17, 15) is 9.59 Å². The molecular formula is C36H33N3O4S. The molecule has 0 saturated carbocycles. The number of benzene rings is 4. The summed E-state index contributed by atoms with van der Waals surface area (Å²) in [5.74, 6) is 1.61. The normalized spacial score (nSPS) is 17.2. The second-order valence-electron chi connectivity index (χ2n) is 11.3. The Labute approximate surface area is 261 Å². The smallest absolute Gasteiger partial charge is 0.265 e. The number of hydrogen-bond acceptors (Lipinski definition) is 6. The van der Waals surface area contributed by atoms with Crippen molar-refractivity contribution < 1.29 is 19.1 Å². The van der Waals surface area contributed by atoms with Crippen LogP contribution in [0.5, 0.6) is 11.5 Å². The summed E-state index contributed by atoms with van der Waals surface area (Å²) in [5, 5.41) is 0. The lowest BCUT2D eigenvalue weighted by atomic mass is 10.1. The van der Waals surface area contributed by atoms with Crippen LogP contribution in [-0.4, -0.2) is 54.6 Å². The van der Waals surface area contributed by atoms with Crippen molar-refractivity contribution in [1.29, 1.82) is 0 Å². The first-order valence-corrected chi connectivity index (χ1v) is 15.7. The third-order valence-corrected chi connectivity index (χ3v) is 9.46. The zero-order chi connectivity index (χ0) is 30.0. The van der Waals surface area contributed by atoms with Gasteiger partial charge in [-0.15, -0.1) is 0 Å². The number of rotatable bonds is 6. The fourth-order valence-electron chi connectivity index (χ4n) is 5.84. The van der Waals surface area contributed by atoms with E-state index < -0.39 is 0 Å². The number of anilines is 1. The number of piperazine rings is 1. The summed E-state index contributed by atoms with van der Waals surface area (Å²) in [7, 11) is 0. The number of para-hydroxylation sites is 1. The highest BCUT2D eigenvalue weighted by molar-refractivity contribution is 8.04. The van der Waals surface area contributed by atoms with Crippen LogP contribution in [0.2, 0.25) is 0 Å². The summed E-state index contributed by atoms with van der Waals surface area (Å²) in [5.41, 5.74) is 5.94. The molecule has 44 heavy (non-hydrogen) atoms. The fourth-order valence-corrected chi connectivity index (χ4v) is 6.90. The highest BCUT2D eigenvalue weighted by Gasteiger charge is 2.29. The highest BCUT2D eigenvalue weighted by Crippen LogP contribution is 2.43. The molecule has 4 aromatic rings. The summed E-state index contributed by atoms with van der Waals surface area (Å²) in [4.78, 5) is 34.9. The topological polar surface area (TPSA) is 62.3 Å². The van der Waals surface area contributed by atoms with Crippen molar-refractivity contribution >= 4 is 35.3 Å². The Morgan fingerprint density at radius 1 is 0.841 bits per heavy atom. The third kappa shape index (κ3) is 5.83. The van der Waals surface area contributed by atoms with E-state index in [1.54, 1.807) is 0 Å². The molecule has 0 unspecified atom stereocenters.